The first-order valence-corrected chi connectivity index (χ1v) is 9.88. The summed E-state index contributed by atoms with van der Waals surface area (Å²) in [6.07, 6.45) is 0. The number of amides is 2. The van der Waals surface area contributed by atoms with Crippen LogP contribution in [0.25, 0.3) is 10.2 Å². The Bertz CT molecular complexity index is 1070. The number of thiazole rings is 1. The predicted molar refractivity (Wildman–Crippen MR) is 117 cm³/mol. The van der Waals surface area contributed by atoms with Crippen LogP contribution in [-0.4, -0.2) is 17.0 Å². The van der Waals surface area contributed by atoms with E-state index in [-0.39, 0.29) is 12.0 Å². The Morgan fingerprint density at radius 2 is 1.48 bits per heavy atom. The zero-order valence-electron chi connectivity index (χ0n) is 15.4. The van der Waals surface area contributed by atoms with Gasteiger partial charge in [-0.3, -0.25) is 5.32 Å². The Kier molecular flexibility index (Phi) is 5.49. The molecule has 0 saturated carbocycles. The highest BCUT2D eigenvalue weighted by atomic mass is 32.1. The third kappa shape index (κ3) is 4.59. The highest BCUT2D eigenvalue weighted by Gasteiger charge is 2.17. The number of guanidine groups is 1. The molecule has 0 fully saturated rings. The summed E-state index contributed by atoms with van der Waals surface area (Å²) in [5.74, 6) is -0.0126. The summed E-state index contributed by atoms with van der Waals surface area (Å²) in [4.78, 5) is 21.2. The van der Waals surface area contributed by atoms with Gasteiger partial charge < -0.3 is 11.1 Å². The molecule has 0 saturated heterocycles. The number of aliphatic imine (C=N–C) groups is 1. The molecule has 0 radical (unpaired) electrons. The van der Waals surface area contributed by atoms with Gasteiger partial charge >= 0.3 is 6.03 Å². The molecule has 0 unspecified atom stereocenters. The highest BCUT2D eigenvalue weighted by Crippen LogP contribution is 2.27. The van der Waals surface area contributed by atoms with Crippen molar-refractivity contribution in [1.82, 2.24) is 15.6 Å². The smallest absolute Gasteiger partial charge is 0.322 e. The second-order valence-electron chi connectivity index (χ2n) is 6.31. The van der Waals surface area contributed by atoms with Gasteiger partial charge in [-0.2, -0.15) is 4.99 Å². The van der Waals surface area contributed by atoms with Gasteiger partial charge in [-0.1, -0.05) is 84.1 Å². The number of para-hydroxylation sites is 1. The molecule has 0 atom stereocenters. The number of nitrogens with zero attached hydrogens (tertiary/aromatic N) is 2. The van der Waals surface area contributed by atoms with E-state index in [1.165, 1.54) is 11.3 Å². The van der Waals surface area contributed by atoms with Crippen LogP contribution in [0.3, 0.4) is 0 Å². The first kappa shape index (κ1) is 18.6. The van der Waals surface area contributed by atoms with Crippen LogP contribution in [0.5, 0.6) is 0 Å². The van der Waals surface area contributed by atoms with Crippen molar-refractivity contribution in [2.75, 3.05) is 0 Å². The minimum absolute atomic E-state index is 0.0126. The molecule has 144 valence electrons. The molecule has 0 spiro atoms. The van der Waals surface area contributed by atoms with E-state index in [1.54, 1.807) is 0 Å². The summed E-state index contributed by atoms with van der Waals surface area (Å²) in [6.45, 7) is 0. The molecule has 0 aliphatic carbocycles. The molecule has 2 amide bonds. The normalized spacial score (nSPS) is 11.6. The van der Waals surface area contributed by atoms with Crippen molar-refractivity contribution < 1.29 is 4.79 Å². The Morgan fingerprint density at radius 1 is 0.897 bits per heavy atom. The summed E-state index contributed by atoms with van der Waals surface area (Å²) < 4.78 is 1.01. The Balaban J connectivity index is 1.50. The standard InChI is InChI=1S/C22H19N5OS/c23-20(27-22-24-17-13-7-8-14-18(17)29-22)26-21(28)25-19(15-9-3-1-4-10-15)16-11-5-2-6-12-16/h1-14,19H,(H4,23,24,25,26,27,28). The fourth-order valence-corrected chi connectivity index (χ4v) is 3.82. The highest BCUT2D eigenvalue weighted by molar-refractivity contribution is 7.22. The molecular weight excluding hydrogens is 382 g/mol. The second-order valence-corrected chi connectivity index (χ2v) is 7.32. The zero-order chi connectivity index (χ0) is 20.1. The summed E-state index contributed by atoms with van der Waals surface area (Å²) in [7, 11) is 0. The van der Waals surface area contributed by atoms with Crippen LogP contribution in [-0.2, 0) is 0 Å². The number of hydrogen-bond donors (Lipinski definition) is 3. The quantitative estimate of drug-likeness (QED) is 0.351. The van der Waals surface area contributed by atoms with Gasteiger partial charge in [0.25, 0.3) is 0 Å². The molecule has 1 aromatic heterocycles. The van der Waals surface area contributed by atoms with Gasteiger partial charge in [0.2, 0.25) is 11.1 Å². The zero-order valence-corrected chi connectivity index (χ0v) is 16.3. The molecule has 6 nitrogen and oxygen atoms in total. The van der Waals surface area contributed by atoms with Crippen LogP contribution < -0.4 is 16.4 Å². The van der Waals surface area contributed by atoms with Crippen molar-refractivity contribution >= 4 is 38.7 Å². The molecule has 0 aliphatic rings. The Labute approximate surface area is 172 Å². The molecule has 4 rings (SSSR count). The number of carbonyl (C=O) groups is 1. The first-order chi connectivity index (χ1) is 14.2. The van der Waals surface area contributed by atoms with Crippen molar-refractivity contribution in [2.24, 2.45) is 10.7 Å². The largest absolute Gasteiger partial charge is 0.369 e. The number of hydrogen-bond acceptors (Lipinski definition) is 4. The fraction of sp³-hybridized carbons (Fsp3) is 0.0455. The van der Waals surface area contributed by atoms with E-state index in [4.69, 9.17) is 5.73 Å². The van der Waals surface area contributed by atoms with E-state index in [1.807, 2.05) is 84.9 Å². The molecule has 3 aromatic carbocycles. The summed E-state index contributed by atoms with van der Waals surface area (Å²) in [6, 6.07) is 26.5. The van der Waals surface area contributed by atoms with Gasteiger partial charge in [-0.05, 0) is 23.3 Å². The Hall–Kier alpha value is -3.71. The number of rotatable bonds is 4. The van der Waals surface area contributed by atoms with E-state index in [0.717, 1.165) is 21.3 Å². The van der Waals surface area contributed by atoms with E-state index < -0.39 is 6.03 Å². The lowest BCUT2D eigenvalue weighted by molar-refractivity contribution is 0.243. The second kappa shape index (κ2) is 8.53. The minimum atomic E-state index is -0.440. The predicted octanol–water partition coefficient (Wildman–Crippen LogP) is 4.33. The molecule has 29 heavy (non-hydrogen) atoms. The van der Waals surface area contributed by atoms with Gasteiger partial charge in [0.15, 0.2) is 0 Å². The maximum absolute atomic E-state index is 12.6. The average molecular weight is 401 g/mol. The minimum Gasteiger partial charge on any atom is -0.369 e. The van der Waals surface area contributed by atoms with Crippen LogP contribution in [0, 0.1) is 0 Å². The average Bonchev–Trinajstić information content (AvgIpc) is 3.15. The molecular formula is C22H19N5OS. The number of nitrogens with one attached hydrogen (secondary N) is 2. The van der Waals surface area contributed by atoms with E-state index in [9.17, 15) is 4.79 Å². The topological polar surface area (TPSA) is 92.4 Å². The van der Waals surface area contributed by atoms with Crippen molar-refractivity contribution in [3.8, 4) is 0 Å². The third-order valence-corrected chi connectivity index (χ3v) is 5.21. The number of benzene rings is 3. The lowest BCUT2D eigenvalue weighted by atomic mass is 9.99. The van der Waals surface area contributed by atoms with Crippen LogP contribution >= 0.6 is 11.3 Å². The molecule has 0 aliphatic heterocycles. The van der Waals surface area contributed by atoms with Crippen LogP contribution in [0.4, 0.5) is 9.93 Å². The Morgan fingerprint density at radius 3 is 2.10 bits per heavy atom. The molecule has 1 heterocycles. The maximum atomic E-state index is 12.6. The van der Waals surface area contributed by atoms with E-state index in [0.29, 0.717) is 5.13 Å². The number of urea groups is 1. The third-order valence-electron chi connectivity index (χ3n) is 4.28. The molecule has 7 heteroatoms. The van der Waals surface area contributed by atoms with Crippen LogP contribution in [0.1, 0.15) is 17.2 Å². The van der Waals surface area contributed by atoms with Gasteiger partial charge in [0, 0.05) is 0 Å². The van der Waals surface area contributed by atoms with Gasteiger partial charge in [0.1, 0.15) is 0 Å². The van der Waals surface area contributed by atoms with Gasteiger partial charge in [-0.15, -0.1) is 0 Å². The molecule has 4 N–H and O–H groups in total. The molecule has 0 bridgehead atoms. The molecule has 4 aromatic rings. The van der Waals surface area contributed by atoms with Crippen LogP contribution in [0.2, 0.25) is 0 Å². The first-order valence-electron chi connectivity index (χ1n) is 9.06. The summed E-state index contributed by atoms with van der Waals surface area (Å²) in [5.41, 5.74) is 8.71. The number of nitrogens with two attached hydrogens (primary N) is 1. The van der Waals surface area contributed by atoms with Crippen LogP contribution in [0.15, 0.2) is 89.9 Å². The summed E-state index contributed by atoms with van der Waals surface area (Å²) in [5, 5.41) is 6.04. The summed E-state index contributed by atoms with van der Waals surface area (Å²) >= 11 is 1.41. The van der Waals surface area contributed by atoms with Crippen molar-refractivity contribution in [3.05, 3.63) is 96.1 Å². The number of carbonyl (C=O) groups excluding carboxylic acids is 1. The van der Waals surface area contributed by atoms with E-state index >= 15 is 0 Å². The fourth-order valence-electron chi connectivity index (χ4n) is 2.97. The van der Waals surface area contributed by atoms with Crippen molar-refractivity contribution in [3.63, 3.8) is 0 Å². The SMILES string of the molecule is N/C(=N\c1nc2ccccc2s1)NC(=O)NC(c1ccccc1)c1ccccc1. The maximum Gasteiger partial charge on any atom is 0.322 e. The lowest BCUT2D eigenvalue weighted by Gasteiger charge is -2.20. The number of fused-ring (bicyclic) bond motifs is 1. The number of aromatic nitrogens is 1. The van der Waals surface area contributed by atoms with Gasteiger partial charge in [0.05, 0.1) is 16.3 Å². The monoisotopic (exact) mass is 401 g/mol. The van der Waals surface area contributed by atoms with Crippen molar-refractivity contribution in [2.45, 2.75) is 6.04 Å². The lowest BCUT2D eigenvalue weighted by Crippen LogP contribution is -2.44. The van der Waals surface area contributed by atoms with E-state index in [2.05, 4.69) is 20.6 Å². The van der Waals surface area contributed by atoms with Crippen molar-refractivity contribution in [1.29, 1.82) is 0 Å². The van der Waals surface area contributed by atoms with Gasteiger partial charge in [-0.25, -0.2) is 9.78 Å².